The van der Waals surface area contributed by atoms with E-state index in [4.69, 9.17) is 0 Å². The predicted molar refractivity (Wildman–Crippen MR) is 64.5 cm³/mol. The number of rotatable bonds is 7. The Morgan fingerprint density at radius 3 is 2.13 bits per heavy atom. The highest BCUT2D eigenvalue weighted by Gasteiger charge is 2.14. The number of hydrogen-bond acceptors (Lipinski definition) is 4. The van der Waals surface area contributed by atoms with Crippen molar-refractivity contribution < 1.29 is 16.8 Å². The zero-order valence-electron chi connectivity index (χ0n) is 8.73. The first-order chi connectivity index (χ1) is 6.66. The van der Waals surface area contributed by atoms with E-state index in [0.717, 1.165) is 6.26 Å². The van der Waals surface area contributed by atoms with E-state index >= 15 is 0 Å². The fourth-order valence-corrected chi connectivity index (χ4v) is 3.66. The Labute approximate surface area is 99.7 Å². The van der Waals surface area contributed by atoms with E-state index in [1.807, 2.05) is 6.92 Å². The molecular formula is C7H16BrNO4S2. The smallest absolute Gasteiger partial charge is 0.212 e. The van der Waals surface area contributed by atoms with Crippen LogP contribution in [0, 0.1) is 5.92 Å². The Bertz CT molecular complexity index is 376. The van der Waals surface area contributed by atoms with E-state index in [-0.39, 0.29) is 17.4 Å². The van der Waals surface area contributed by atoms with Crippen molar-refractivity contribution in [3.63, 3.8) is 0 Å². The van der Waals surface area contributed by atoms with E-state index in [1.165, 1.54) is 0 Å². The molecule has 0 fully saturated rings. The van der Waals surface area contributed by atoms with Gasteiger partial charge in [0.25, 0.3) is 0 Å². The SMILES string of the molecule is CC(CBr)CNS(=O)(=O)CCS(C)(=O)=O. The van der Waals surface area contributed by atoms with E-state index in [1.54, 1.807) is 0 Å². The zero-order chi connectivity index (χ0) is 12.1. The van der Waals surface area contributed by atoms with Crippen LogP contribution in [0.15, 0.2) is 0 Å². The summed E-state index contributed by atoms with van der Waals surface area (Å²) >= 11 is 3.22. The van der Waals surface area contributed by atoms with Crippen LogP contribution < -0.4 is 4.72 Å². The molecule has 15 heavy (non-hydrogen) atoms. The van der Waals surface area contributed by atoms with Gasteiger partial charge in [0.2, 0.25) is 10.0 Å². The standard InChI is InChI=1S/C7H16BrNO4S2/c1-7(5-8)6-9-15(12,13)4-3-14(2,10)11/h7,9H,3-6H2,1-2H3. The maximum atomic E-state index is 11.3. The molecule has 0 heterocycles. The van der Waals surface area contributed by atoms with E-state index < -0.39 is 19.9 Å². The van der Waals surface area contributed by atoms with Crippen molar-refractivity contribution in [1.82, 2.24) is 4.72 Å². The van der Waals surface area contributed by atoms with Gasteiger partial charge in [-0.25, -0.2) is 21.6 Å². The van der Waals surface area contributed by atoms with Gasteiger partial charge in [0.15, 0.2) is 0 Å². The van der Waals surface area contributed by atoms with Crippen LogP contribution in [0.1, 0.15) is 6.92 Å². The van der Waals surface area contributed by atoms with Gasteiger partial charge in [-0.1, -0.05) is 22.9 Å². The fraction of sp³-hybridized carbons (Fsp3) is 1.00. The highest BCUT2D eigenvalue weighted by Crippen LogP contribution is 1.99. The third-order valence-electron chi connectivity index (χ3n) is 1.64. The summed E-state index contributed by atoms with van der Waals surface area (Å²) in [5.41, 5.74) is 0. The maximum Gasteiger partial charge on any atom is 0.212 e. The van der Waals surface area contributed by atoms with Gasteiger partial charge in [-0.2, -0.15) is 0 Å². The Balaban J connectivity index is 4.10. The number of sulfone groups is 1. The van der Waals surface area contributed by atoms with Crippen LogP contribution in [-0.4, -0.2) is 46.5 Å². The van der Waals surface area contributed by atoms with Gasteiger partial charge < -0.3 is 0 Å². The quantitative estimate of drug-likeness (QED) is 0.668. The highest BCUT2D eigenvalue weighted by atomic mass is 79.9. The summed E-state index contributed by atoms with van der Waals surface area (Å²) in [4.78, 5) is 0. The molecule has 92 valence electrons. The van der Waals surface area contributed by atoms with Crippen LogP contribution in [0.3, 0.4) is 0 Å². The third-order valence-corrected chi connectivity index (χ3v) is 5.30. The number of halogens is 1. The molecule has 0 amide bonds. The van der Waals surface area contributed by atoms with E-state index in [0.29, 0.717) is 11.9 Å². The van der Waals surface area contributed by atoms with Gasteiger partial charge in [-0.15, -0.1) is 0 Å². The topological polar surface area (TPSA) is 80.3 Å². The molecule has 0 bridgehead atoms. The van der Waals surface area contributed by atoms with Gasteiger partial charge in [0, 0.05) is 18.1 Å². The largest absolute Gasteiger partial charge is 0.229 e. The lowest BCUT2D eigenvalue weighted by Crippen LogP contribution is -2.33. The van der Waals surface area contributed by atoms with Crippen molar-refractivity contribution in [2.24, 2.45) is 5.92 Å². The molecule has 0 saturated heterocycles. The monoisotopic (exact) mass is 321 g/mol. The second-order valence-electron chi connectivity index (χ2n) is 3.56. The predicted octanol–water partition coefficient (Wildman–Crippen LogP) is -0.0186. The average molecular weight is 322 g/mol. The first-order valence-electron chi connectivity index (χ1n) is 4.37. The van der Waals surface area contributed by atoms with Crippen LogP contribution >= 0.6 is 15.9 Å². The van der Waals surface area contributed by atoms with Crippen molar-refractivity contribution in [2.45, 2.75) is 6.92 Å². The molecule has 0 aromatic heterocycles. The summed E-state index contributed by atoms with van der Waals surface area (Å²) in [5, 5.41) is 0.696. The normalized spacial score (nSPS) is 15.1. The van der Waals surface area contributed by atoms with Crippen LogP contribution in [-0.2, 0) is 19.9 Å². The van der Waals surface area contributed by atoms with E-state index in [9.17, 15) is 16.8 Å². The summed E-state index contributed by atoms with van der Waals surface area (Å²) < 4.78 is 46.5. The Morgan fingerprint density at radius 2 is 1.73 bits per heavy atom. The Hall–Kier alpha value is 0.340. The van der Waals surface area contributed by atoms with Gasteiger partial charge in [0.05, 0.1) is 11.5 Å². The summed E-state index contributed by atoms with van der Waals surface area (Å²) in [7, 11) is -6.70. The highest BCUT2D eigenvalue weighted by molar-refractivity contribution is 9.09. The molecule has 0 rings (SSSR count). The molecule has 0 saturated carbocycles. The minimum atomic E-state index is -3.47. The van der Waals surface area contributed by atoms with Crippen LogP contribution in [0.2, 0.25) is 0 Å². The lowest BCUT2D eigenvalue weighted by molar-refractivity contribution is 0.562. The Kier molecular flexibility index (Phi) is 6.31. The lowest BCUT2D eigenvalue weighted by Gasteiger charge is -2.09. The summed E-state index contributed by atoms with van der Waals surface area (Å²) in [6.45, 7) is 2.20. The maximum absolute atomic E-state index is 11.3. The number of nitrogens with one attached hydrogen (secondary N) is 1. The number of hydrogen-bond donors (Lipinski definition) is 1. The fourth-order valence-electron chi connectivity index (χ4n) is 0.657. The van der Waals surface area contributed by atoms with Gasteiger partial charge in [-0.05, 0) is 5.92 Å². The van der Waals surface area contributed by atoms with Crippen molar-refractivity contribution in [3.8, 4) is 0 Å². The van der Waals surface area contributed by atoms with Gasteiger partial charge in [0.1, 0.15) is 9.84 Å². The second kappa shape index (κ2) is 6.17. The first kappa shape index (κ1) is 15.3. The molecule has 0 radical (unpaired) electrons. The Morgan fingerprint density at radius 1 is 1.20 bits per heavy atom. The molecular weight excluding hydrogens is 306 g/mol. The summed E-state index contributed by atoms with van der Waals surface area (Å²) in [6.07, 6.45) is 1.02. The van der Waals surface area contributed by atoms with Crippen LogP contribution in [0.25, 0.3) is 0 Å². The van der Waals surface area contributed by atoms with Gasteiger partial charge >= 0.3 is 0 Å². The molecule has 0 aliphatic heterocycles. The molecule has 1 atom stereocenters. The summed E-state index contributed by atoms with van der Waals surface area (Å²) in [5.74, 6) is -0.538. The minimum absolute atomic E-state index is 0.179. The molecule has 0 aliphatic rings. The molecule has 1 N–H and O–H groups in total. The van der Waals surface area contributed by atoms with Crippen molar-refractivity contribution in [2.75, 3.05) is 29.6 Å². The first-order valence-corrected chi connectivity index (χ1v) is 9.21. The van der Waals surface area contributed by atoms with Gasteiger partial charge in [-0.3, -0.25) is 0 Å². The van der Waals surface area contributed by atoms with Crippen LogP contribution in [0.5, 0.6) is 0 Å². The molecule has 0 aliphatic carbocycles. The minimum Gasteiger partial charge on any atom is -0.229 e. The summed E-state index contributed by atoms with van der Waals surface area (Å²) in [6, 6.07) is 0. The molecule has 0 aromatic rings. The molecule has 5 nitrogen and oxygen atoms in total. The zero-order valence-corrected chi connectivity index (χ0v) is 12.0. The van der Waals surface area contributed by atoms with Crippen LogP contribution in [0.4, 0.5) is 0 Å². The van der Waals surface area contributed by atoms with Crippen molar-refractivity contribution >= 4 is 35.8 Å². The molecule has 1 unspecified atom stereocenters. The number of alkyl halides is 1. The molecule has 0 aromatic carbocycles. The average Bonchev–Trinajstić information content (AvgIpc) is 2.10. The number of sulfonamides is 1. The van der Waals surface area contributed by atoms with E-state index in [2.05, 4.69) is 20.7 Å². The molecule has 0 spiro atoms. The molecule has 8 heteroatoms. The second-order valence-corrected chi connectivity index (χ2v) is 8.39. The lowest BCUT2D eigenvalue weighted by atomic mass is 10.2. The third kappa shape index (κ3) is 9.28. The van der Waals surface area contributed by atoms with Crippen molar-refractivity contribution in [1.29, 1.82) is 0 Å². The van der Waals surface area contributed by atoms with Crippen molar-refractivity contribution in [3.05, 3.63) is 0 Å².